The second kappa shape index (κ2) is 11.8. The molecule has 0 unspecified atom stereocenters. The molecule has 2 amide bonds. The first-order valence-electron chi connectivity index (χ1n) is 11.6. The molecule has 2 aromatic carbocycles. The van der Waals surface area contributed by atoms with Gasteiger partial charge in [0, 0.05) is 42.7 Å². The number of hydrogen-bond donors (Lipinski definition) is 2. The number of nitrogens with zero attached hydrogens (tertiary/aromatic N) is 4. The van der Waals surface area contributed by atoms with E-state index >= 15 is 0 Å². The van der Waals surface area contributed by atoms with Gasteiger partial charge < -0.3 is 19.5 Å². The number of amides is 2. The van der Waals surface area contributed by atoms with Gasteiger partial charge in [0.15, 0.2) is 0 Å². The van der Waals surface area contributed by atoms with Crippen LogP contribution in [0.3, 0.4) is 0 Å². The summed E-state index contributed by atoms with van der Waals surface area (Å²) in [5, 5.41) is 10.0. The van der Waals surface area contributed by atoms with Gasteiger partial charge in [-0.2, -0.15) is 5.10 Å². The molecule has 204 valence electrons. The third kappa shape index (κ3) is 6.82. The van der Waals surface area contributed by atoms with Crippen LogP contribution in [0.15, 0.2) is 60.9 Å². The number of methoxy groups -OCH3 is 2. The number of nitrogens with one attached hydrogen (secondary N) is 2. The third-order valence-corrected chi connectivity index (χ3v) is 5.54. The van der Waals surface area contributed by atoms with Crippen molar-refractivity contribution < 1.29 is 32.2 Å². The molecule has 39 heavy (non-hydrogen) atoms. The van der Waals surface area contributed by atoms with E-state index in [9.17, 15) is 18.0 Å². The van der Waals surface area contributed by atoms with Gasteiger partial charge in [-0.25, -0.2) is 19.4 Å². The van der Waals surface area contributed by atoms with Gasteiger partial charge in [0.25, 0.3) is 0 Å². The zero-order valence-electron chi connectivity index (χ0n) is 21.2. The fraction of sp³-hybridized carbons (Fsp3) is 0.231. The molecule has 2 aromatic heterocycles. The van der Waals surface area contributed by atoms with Crippen molar-refractivity contribution in [3.8, 4) is 28.7 Å². The maximum Gasteiger partial charge on any atom is 0.573 e. The van der Waals surface area contributed by atoms with E-state index in [4.69, 9.17) is 9.47 Å². The standard InChI is InChI=1S/C26H25F3N6O4/c1-16-22(19-13-31-25(38-3)32-14-19)34-35(20-7-5-4-6-8-20)23(16)33-24(36)30-12-18-11-17(15-37-2)9-10-21(18)39-26(27,28)29/h4-11,13-14H,12,15H2,1-3H3,(H2,30,33,36). The molecule has 0 aliphatic carbocycles. The number of para-hydroxylation sites is 1. The van der Waals surface area contributed by atoms with Crippen LogP contribution in [-0.2, 0) is 17.9 Å². The number of hydrogen-bond acceptors (Lipinski definition) is 7. The number of carbonyl (C=O) groups is 1. The molecule has 13 heteroatoms. The number of ether oxygens (including phenoxy) is 3. The van der Waals surface area contributed by atoms with Gasteiger partial charge in [-0.3, -0.25) is 5.32 Å². The number of halogens is 3. The molecule has 0 bridgehead atoms. The van der Waals surface area contributed by atoms with Crippen LogP contribution in [0.25, 0.3) is 16.9 Å². The second-order valence-corrected chi connectivity index (χ2v) is 8.26. The minimum atomic E-state index is -4.89. The van der Waals surface area contributed by atoms with Gasteiger partial charge in [0.1, 0.15) is 17.3 Å². The lowest BCUT2D eigenvalue weighted by Gasteiger charge is -2.16. The molecule has 0 atom stereocenters. The summed E-state index contributed by atoms with van der Waals surface area (Å²) in [5.74, 6) is -0.0700. The lowest BCUT2D eigenvalue weighted by atomic mass is 10.1. The van der Waals surface area contributed by atoms with E-state index < -0.39 is 18.1 Å². The Balaban J connectivity index is 1.60. The summed E-state index contributed by atoms with van der Waals surface area (Å²) in [6.07, 6.45) is -1.79. The van der Waals surface area contributed by atoms with Crippen LogP contribution >= 0.6 is 0 Å². The van der Waals surface area contributed by atoms with Crippen molar-refractivity contribution in [2.45, 2.75) is 26.4 Å². The Morgan fingerprint density at radius 3 is 2.41 bits per heavy atom. The molecule has 2 N–H and O–H groups in total. The number of anilines is 1. The smallest absolute Gasteiger partial charge is 0.467 e. The lowest BCUT2D eigenvalue weighted by Crippen LogP contribution is -2.30. The van der Waals surface area contributed by atoms with Crippen molar-refractivity contribution in [2.75, 3.05) is 19.5 Å². The molecular weight excluding hydrogens is 517 g/mol. The fourth-order valence-corrected chi connectivity index (χ4v) is 3.80. The number of alkyl halides is 3. The van der Waals surface area contributed by atoms with Gasteiger partial charge in [0.2, 0.25) is 0 Å². The van der Waals surface area contributed by atoms with E-state index in [1.807, 2.05) is 30.3 Å². The van der Waals surface area contributed by atoms with E-state index in [1.54, 1.807) is 24.0 Å². The Labute approximate surface area is 221 Å². The van der Waals surface area contributed by atoms with Crippen LogP contribution in [0.5, 0.6) is 11.8 Å². The Bertz CT molecular complexity index is 1430. The zero-order valence-corrected chi connectivity index (χ0v) is 21.2. The van der Waals surface area contributed by atoms with Crippen LogP contribution in [-0.4, -0.2) is 46.4 Å². The number of rotatable bonds is 9. The Kier molecular flexibility index (Phi) is 8.30. The van der Waals surface area contributed by atoms with Gasteiger partial charge in [0.05, 0.1) is 19.4 Å². The fourth-order valence-electron chi connectivity index (χ4n) is 3.80. The second-order valence-electron chi connectivity index (χ2n) is 8.26. The van der Waals surface area contributed by atoms with Gasteiger partial charge in [-0.05, 0) is 36.8 Å². The number of urea groups is 1. The molecule has 4 rings (SSSR count). The number of carbonyl (C=O) groups excluding carboxylic acids is 1. The van der Waals surface area contributed by atoms with E-state index in [1.165, 1.54) is 32.4 Å². The molecule has 0 saturated heterocycles. The molecule has 0 radical (unpaired) electrons. The highest BCUT2D eigenvalue weighted by Crippen LogP contribution is 2.31. The molecular formula is C26H25F3N6O4. The van der Waals surface area contributed by atoms with Gasteiger partial charge in [-0.1, -0.05) is 24.3 Å². The summed E-state index contributed by atoms with van der Waals surface area (Å²) in [4.78, 5) is 21.2. The van der Waals surface area contributed by atoms with Crippen LogP contribution in [0, 0.1) is 6.92 Å². The molecule has 0 saturated carbocycles. The lowest BCUT2D eigenvalue weighted by molar-refractivity contribution is -0.274. The first kappa shape index (κ1) is 27.4. The predicted molar refractivity (Wildman–Crippen MR) is 136 cm³/mol. The van der Waals surface area contributed by atoms with E-state index in [2.05, 4.69) is 30.4 Å². The van der Waals surface area contributed by atoms with Crippen molar-refractivity contribution in [2.24, 2.45) is 0 Å². The van der Waals surface area contributed by atoms with Crippen molar-refractivity contribution in [3.05, 3.63) is 77.6 Å². The van der Waals surface area contributed by atoms with E-state index in [0.717, 1.165) is 0 Å². The average Bonchev–Trinajstić information content (AvgIpc) is 3.24. The van der Waals surface area contributed by atoms with E-state index in [-0.39, 0.29) is 24.7 Å². The maximum atomic E-state index is 13.0. The SMILES string of the molecule is COCc1ccc(OC(F)(F)F)c(CNC(=O)Nc2c(C)c(-c3cnc(OC)nc3)nn2-c2ccccc2)c1. The molecule has 10 nitrogen and oxygen atoms in total. The number of benzene rings is 2. The normalized spacial score (nSPS) is 11.2. The predicted octanol–water partition coefficient (Wildman–Crippen LogP) is 5.01. The van der Waals surface area contributed by atoms with Crippen molar-refractivity contribution in [1.82, 2.24) is 25.1 Å². The summed E-state index contributed by atoms with van der Waals surface area (Å²) < 4.78 is 54.5. The summed E-state index contributed by atoms with van der Waals surface area (Å²) in [5.41, 5.74) is 3.14. The highest BCUT2D eigenvalue weighted by Gasteiger charge is 2.32. The zero-order chi connectivity index (χ0) is 28.0. The van der Waals surface area contributed by atoms with E-state index in [0.29, 0.717) is 33.9 Å². The Morgan fingerprint density at radius 1 is 1.05 bits per heavy atom. The monoisotopic (exact) mass is 542 g/mol. The molecule has 0 fully saturated rings. The topological polar surface area (TPSA) is 112 Å². The summed E-state index contributed by atoms with van der Waals surface area (Å²) in [6, 6.07) is 12.8. The molecule has 2 heterocycles. The van der Waals surface area contributed by atoms with Crippen molar-refractivity contribution in [1.29, 1.82) is 0 Å². The minimum Gasteiger partial charge on any atom is -0.467 e. The van der Waals surface area contributed by atoms with Crippen LogP contribution < -0.4 is 20.1 Å². The van der Waals surface area contributed by atoms with Crippen molar-refractivity contribution in [3.63, 3.8) is 0 Å². The summed E-state index contributed by atoms with van der Waals surface area (Å²) >= 11 is 0. The molecule has 4 aromatic rings. The minimum absolute atomic E-state index is 0.126. The summed E-state index contributed by atoms with van der Waals surface area (Å²) in [7, 11) is 2.92. The largest absolute Gasteiger partial charge is 0.573 e. The Morgan fingerprint density at radius 2 is 1.77 bits per heavy atom. The third-order valence-electron chi connectivity index (χ3n) is 5.54. The number of aromatic nitrogens is 4. The van der Waals surface area contributed by atoms with Gasteiger partial charge >= 0.3 is 18.4 Å². The highest BCUT2D eigenvalue weighted by molar-refractivity contribution is 5.90. The Hall–Kier alpha value is -4.65. The maximum absolute atomic E-state index is 13.0. The molecule has 0 spiro atoms. The van der Waals surface area contributed by atoms with Crippen LogP contribution in [0.1, 0.15) is 16.7 Å². The van der Waals surface area contributed by atoms with Crippen LogP contribution in [0.2, 0.25) is 0 Å². The average molecular weight is 543 g/mol. The quantitative estimate of drug-likeness (QED) is 0.306. The highest BCUT2D eigenvalue weighted by atomic mass is 19.4. The van der Waals surface area contributed by atoms with Crippen molar-refractivity contribution >= 4 is 11.8 Å². The van der Waals surface area contributed by atoms with Gasteiger partial charge in [-0.15, -0.1) is 13.2 Å². The molecule has 0 aliphatic heterocycles. The first-order chi connectivity index (χ1) is 18.7. The van der Waals surface area contributed by atoms with Crippen LogP contribution in [0.4, 0.5) is 23.8 Å². The summed E-state index contributed by atoms with van der Waals surface area (Å²) in [6.45, 7) is 1.70. The first-order valence-corrected chi connectivity index (χ1v) is 11.6. The molecule has 0 aliphatic rings.